The number of rotatable bonds is 8. The fourth-order valence-electron chi connectivity index (χ4n) is 3.69. The first-order chi connectivity index (χ1) is 16.7. The Kier molecular flexibility index (Phi) is 6.65. The quantitative estimate of drug-likeness (QED) is 0.266. The molecule has 2 amide bonds. The predicted molar refractivity (Wildman–Crippen MR) is 137 cm³/mol. The molecule has 0 unspecified atom stereocenters. The third kappa shape index (κ3) is 5.56. The first-order valence-corrected chi connectivity index (χ1v) is 11.1. The van der Waals surface area contributed by atoms with E-state index in [1.54, 1.807) is 17.2 Å². The van der Waals surface area contributed by atoms with Crippen molar-refractivity contribution in [3.63, 3.8) is 0 Å². The third-order valence-electron chi connectivity index (χ3n) is 5.40. The van der Waals surface area contributed by atoms with Gasteiger partial charge in [0.15, 0.2) is 0 Å². The van der Waals surface area contributed by atoms with E-state index in [1.807, 2.05) is 64.3 Å². The van der Waals surface area contributed by atoms with Gasteiger partial charge in [-0.05, 0) is 63.8 Å². The Morgan fingerprint density at radius 1 is 1.06 bits per heavy atom. The summed E-state index contributed by atoms with van der Waals surface area (Å²) >= 11 is 0. The molecule has 2 aromatic heterocycles. The van der Waals surface area contributed by atoms with Crippen molar-refractivity contribution in [1.29, 1.82) is 0 Å². The smallest absolute Gasteiger partial charge is 0.351 e. The van der Waals surface area contributed by atoms with Crippen molar-refractivity contribution < 1.29 is 14.6 Å². The van der Waals surface area contributed by atoms with Crippen LogP contribution in [0.1, 0.15) is 21.5 Å². The van der Waals surface area contributed by atoms with Gasteiger partial charge in [0.1, 0.15) is 0 Å². The molecular formula is C25H29N8O2+. The van der Waals surface area contributed by atoms with Gasteiger partial charge in [0.2, 0.25) is 17.4 Å². The van der Waals surface area contributed by atoms with Crippen LogP contribution in [0.2, 0.25) is 0 Å². The highest BCUT2D eigenvalue weighted by molar-refractivity contribution is 6.00. The van der Waals surface area contributed by atoms with Crippen molar-refractivity contribution in [1.82, 2.24) is 14.9 Å². The predicted octanol–water partition coefficient (Wildman–Crippen LogP) is 3.08. The van der Waals surface area contributed by atoms with Crippen molar-refractivity contribution in [2.45, 2.75) is 13.8 Å². The minimum Gasteiger partial charge on any atom is -0.366 e. The zero-order chi connectivity index (χ0) is 25.1. The molecule has 0 spiro atoms. The highest BCUT2D eigenvalue weighted by Crippen LogP contribution is 2.28. The molecule has 4 rings (SSSR count). The number of fused-ring (bicyclic) bond motifs is 1. The Morgan fingerprint density at radius 2 is 1.86 bits per heavy atom. The average Bonchev–Trinajstić information content (AvgIpc) is 3.25. The molecule has 0 bridgehead atoms. The number of likely N-dealkylation sites (N-methyl/N-ethyl adjacent to an activating group) is 1. The van der Waals surface area contributed by atoms with Gasteiger partial charge in [-0.1, -0.05) is 22.7 Å². The van der Waals surface area contributed by atoms with Crippen molar-refractivity contribution in [2.75, 3.05) is 36.6 Å². The minimum absolute atomic E-state index is 0.0999. The van der Waals surface area contributed by atoms with Crippen LogP contribution in [0.15, 0.2) is 48.7 Å². The molecule has 2 aromatic carbocycles. The van der Waals surface area contributed by atoms with Crippen LogP contribution in [0.4, 0.5) is 28.8 Å². The number of carbonyl (C=O) groups excluding carboxylic acids is 2. The molecule has 7 N–H and O–H groups in total. The summed E-state index contributed by atoms with van der Waals surface area (Å²) in [6, 6.07) is 13.0. The number of H-pyrrole nitrogens is 2. The number of aromatic amines is 2. The van der Waals surface area contributed by atoms with E-state index in [1.165, 1.54) is 0 Å². The largest absolute Gasteiger partial charge is 0.366 e. The zero-order valence-corrected chi connectivity index (χ0v) is 20.1. The summed E-state index contributed by atoms with van der Waals surface area (Å²) < 4.78 is 0. The molecule has 4 aromatic rings. The van der Waals surface area contributed by atoms with Gasteiger partial charge >= 0.3 is 5.95 Å². The van der Waals surface area contributed by atoms with Gasteiger partial charge in [0.05, 0.1) is 28.9 Å². The maximum atomic E-state index is 12.2. The summed E-state index contributed by atoms with van der Waals surface area (Å²) in [5.41, 5.74) is 10.6. The van der Waals surface area contributed by atoms with Crippen LogP contribution in [0, 0.1) is 13.8 Å². The minimum atomic E-state index is -0.522. The molecule has 10 heteroatoms. The molecule has 180 valence electrons. The number of carbonyl (C=O) groups is 2. The molecule has 0 aliphatic heterocycles. The van der Waals surface area contributed by atoms with Crippen molar-refractivity contribution in [3.8, 4) is 0 Å². The number of aromatic nitrogens is 3. The highest BCUT2D eigenvalue weighted by Gasteiger charge is 2.18. The average molecular weight is 474 g/mol. The van der Waals surface area contributed by atoms with Gasteiger partial charge in [-0.25, -0.2) is 4.98 Å². The number of hydrogen-bond acceptors (Lipinski definition) is 6. The van der Waals surface area contributed by atoms with E-state index < -0.39 is 5.91 Å². The number of anilines is 5. The van der Waals surface area contributed by atoms with E-state index >= 15 is 0 Å². The number of nitrogens with two attached hydrogens (primary N) is 1. The molecule has 0 radical (unpaired) electrons. The molecule has 0 aliphatic carbocycles. The number of hydrogen-bond donors (Lipinski definition) is 5. The lowest BCUT2D eigenvalue weighted by Gasteiger charge is -2.12. The highest BCUT2D eigenvalue weighted by atomic mass is 16.2. The maximum Gasteiger partial charge on any atom is 0.351 e. The second-order valence-electron chi connectivity index (χ2n) is 8.68. The van der Waals surface area contributed by atoms with Gasteiger partial charge < -0.3 is 21.3 Å². The molecule has 0 atom stereocenters. The number of benzene rings is 2. The Morgan fingerprint density at radius 3 is 2.60 bits per heavy atom. The van der Waals surface area contributed by atoms with E-state index in [0.717, 1.165) is 27.8 Å². The second-order valence-corrected chi connectivity index (χ2v) is 8.68. The Balaban J connectivity index is 1.66. The van der Waals surface area contributed by atoms with Crippen LogP contribution in [0.5, 0.6) is 0 Å². The van der Waals surface area contributed by atoms with Gasteiger partial charge in [0.25, 0.3) is 5.91 Å². The van der Waals surface area contributed by atoms with Crippen molar-refractivity contribution in [3.05, 3.63) is 65.4 Å². The standard InChI is InChI=1S/C25H28N8O2/c1-14-5-8-19(18(11-14)22(26)35)29-24-17-9-10-27-23(17)31-25(32-24)30-20-12-16(7-6-15(20)2)28-21(34)13-33(3)4/h5-12H,13H2,1-4H3,(H2,26,35)(H,28,34)(H3,27,29,30,31,32)/p+1. The summed E-state index contributed by atoms with van der Waals surface area (Å²) in [7, 11) is 3.68. The van der Waals surface area contributed by atoms with E-state index in [0.29, 0.717) is 28.7 Å². The SMILES string of the molecule is Cc1ccc(Nc2nc(Nc3cc(NC(=O)CN(C)C)ccc3C)[nH+]c3[nH]ccc23)c(C(N)=O)c1. The Bertz CT molecular complexity index is 1410. The first-order valence-electron chi connectivity index (χ1n) is 11.1. The fourth-order valence-corrected chi connectivity index (χ4v) is 3.69. The van der Waals surface area contributed by atoms with Crippen LogP contribution >= 0.6 is 0 Å². The molecule has 0 saturated carbocycles. The fraction of sp³-hybridized carbons (Fsp3) is 0.200. The molecule has 0 saturated heterocycles. The summed E-state index contributed by atoms with van der Waals surface area (Å²) in [5.74, 6) is 0.389. The molecule has 35 heavy (non-hydrogen) atoms. The monoisotopic (exact) mass is 473 g/mol. The lowest BCUT2D eigenvalue weighted by Crippen LogP contribution is -2.27. The molecular weight excluding hydrogens is 444 g/mol. The van der Waals surface area contributed by atoms with Gasteiger partial charge in [-0.2, -0.15) is 0 Å². The van der Waals surface area contributed by atoms with Crippen LogP contribution < -0.4 is 26.7 Å². The normalized spacial score (nSPS) is 11.0. The number of nitrogens with one attached hydrogen (secondary N) is 5. The lowest BCUT2D eigenvalue weighted by molar-refractivity contribution is -0.333. The zero-order valence-electron chi connectivity index (χ0n) is 20.1. The molecule has 10 nitrogen and oxygen atoms in total. The second kappa shape index (κ2) is 9.82. The molecule has 0 aliphatic rings. The lowest BCUT2D eigenvalue weighted by atomic mass is 10.1. The summed E-state index contributed by atoms with van der Waals surface area (Å²) in [6.45, 7) is 4.15. The van der Waals surface area contributed by atoms with Crippen molar-refractivity contribution in [2.24, 2.45) is 5.73 Å². The number of nitrogens with zero attached hydrogens (tertiary/aromatic N) is 2. The summed E-state index contributed by atoms with van der Waals surface area (Å²) in [6.07, 6.45) is 1.80. The summed E-state index contributed by atoms with van der Waals surface area (Å²) in [5, 5.41) is 10.3. The van der Waals surface area contributed by atoms with Crippen LogP contribution in [0.25, 0.3) is 11.0 Å². The molecule has 2 heterocycles. The van der Waals surface area contributed by atoms with Gasteiger partial charge in [-0.15, -0.1) is 0 Å². The maximum absolute atomic E-state index is 12.2. The number of aryl methyl sites for hydroxylation is 2. The van der Waals surface area contributed by atoms with E-state index in [4.69, 9.17) is 10.7 Å². The van der Waals surface area contributed by atoms with Crippen LogP contribution in [-0.4, -0.2) is 47.3 Å². The van der Waals surface area contributed by atoms with E-state index in [9.17, 15) is 9.59 Å². The van der Waals surface area contributed by atoms with Gasteiger partial charge in [-0.3, -0.25) is 19.9 Å². The number of amides is 2. The topological polar surface area (TPSA) is 142 Å². The van der Waals surface area contributed by atoms with Crippen LogP contribution in [0.3, 0.4) is 0 Å². The summed E-state index contributed by atoms with van der Waals surface area (Å²) in [4.78, 5) is 37.1. The number of primary amides is 1. The Hall–Kier alpha value is -4.44. The molecule has 0 fully saturated rings. The van der Waals surface area contributed by atoms with E-state index in [-0.39, 0.29) is 12.5 Å². The third-order valence-corrected chi connectivity index (χ3v) is 5.40. The van der Waals surface area contributed by atoms with Crippen LogP contribution in [-0.2, 0) is 4.79 Å². The Labute approximate surface area is 203 Å². The first kappa shape index (κ1) is 23.7. The van der Waals surface area contributed by atoms with Gasteiger partial charge in [0, 0.05) is 11.9 Å². The van der Waals surface area contributed by atoms with Crippen molar-refractivity contribution >= 4 is 51.7 Å². The van der Waals surface area contributed by atoms with E-state index in [2.05, 4.69) is 25.9 Å².